The molecule has 1 atom stereocenters. The minimum absolute atomic E-state index is 0.00703. The second-order valence-corrected chi connectivity index (χ2v) is 11.4. The third-order valence-corrected chi connectivity index (χ3v) is 7.00. The first-order chi connectivity index (χ1) is 18.8. The lowest BCUT2D eigenvalue weighted by atomic mass is 9.85. The lowest BCUT2D eigenvalue weighted by Crippen LogP contribution is -2.29. The molecule has 1 heterocycles. The number of rotatable bonds is 7. The molecule has 40 heavy (non-hydrogen) atoms. The smallest absolute Gasteiger partial charge is 0.335 e. The van der Waals surface area contributed by atoms with Crippen molar-refractivity contribution in [2.45, 2.75) is 65.6 Å². The molecule has 1 fully saturated rings. The van der Waals surface area contributed by atoms with Crippen molar-refractivity contribution in [3.63, 3.8) is 0 Å². The number of carbonyl (C=O) groups is 3. The number of aliphatic hydroxyl groups is 1. The molecule has 4 rings (SSSR count). The zero-order valence-electron chi connectivity index (χ0n) is 23.7. The SMILES string of the molecule is Cc1cc(/C(O)=C2/C(=O)C(=O)N(Cc3ccc(C(=O)O)cc3)C2c2ccc(C(C)(C)C)cc2)ccc1OC(C)C. The molecule has 3 aromatic rings. The quantitative estimate of drug-likeness (QED) is 0.204. The van der Waals surface area contributed by atoms with Crippen LogP contribution in [-0.4, -0.2) is 38.9 Å². The summed E-state index contributed by atoms with van der Waals surface area (Å²) in [6.45, 7) is 12.1. The highest BCUT2D eigenvalue weighted by Gasteiger charge is 2.46. The maximum atomic E-state index is 13.5. The molecule has 1 saturated heterocycles. The first kappa shape index (κ1) is 28.6. The number of hydrogen-bond donors (Lipinski definition) is 2. The molecular weight excluding hydrogens is 506 g/mol. The Labute approximate surface area is 234 Å². The lowest BCUT2D eigenvalue weighted by molar-refractivity contribution is -0.140. The number of ether oxygens (including phenoxy) is 1. The van der Waals surface area contributed by atoms with E-state index in [9.17, 15) is 24.6 Å². The van der Waals surface area contributed by atoms with Gasteiger partial charge >= 0.3 is 5.97 Å². The van der Waals surface area contributed by atoms with Gasteiger partial charge in [-0.25, -0.2) is 4.79 Å². The second kappa shape index (κ2) is 11.0. The molecule has 0 aromatic heterocycles. The van der Waals surface area contributed by atoms with Crippen LogP contribution in [0.1, 0.15) is 78.8 Å². The zero-order valence-corrected chi connectivity index (χ0v) is 23.7. The van der Waals surface area contributed by atoms with E-state index in [-0.39, 0.29) is 35.0 Å². The van der Waals surface area contributed by atoms with Crippen LogP contribution in [0.25, 0.3) is 5.76 Å². The molecule has 1 aliphatic rings. The summed E-state index contributed by atoms with van der Waals surface area (Å²) >= 11 is 0. The normalized spacial score (nSPS) is 17.0. The van der Waals surface area contributed by atoms with E-state index in [4.69, 9.17) is 4.74 Å². The summed E-state index contributed by atoms with van der Waals surface area (Å²) in [6, 6.07) is 18.2. The largest absolute Gasteiger partial charge is 0.507 e. The molecule has 1 amide bonds. The van der Waals surface area contributed by atoms with Gasteiger partial charge in [-0.2, -0.15) is 0 Å². The van der Waals surface area contributed by atoms with Gasteiger partial charge in [0.25, 0.3) is 11.7 Å². The Kier molecular flexibility index (Phi) is 7.87. The molecule has 3 aromatic carbocycles. The van der Waals surface area contributed by atoms with E-state index in [1.807, 2.05) is 45.0 Å². The fraction of sp³-hybridized carbons (Fsp3) is 0.303. The average molecular weight is 542 g/mol. The van der Waals surface area contributed by atoms with E-state index in [1.165, 1.54) is 17.0 Å². The number of aromatic carboxylic acids is 1. The number of Topliss-reactive ketones (excluding diaryl/α,β-unsaturated/α-hetero) is 1. The maximum Gasteiger partial charge on any atom is 0.335 e. The van der Waals surface area contributed by atoms with Gasteiger partial charge in [0.2, 0.25) is 0 Å². The Morgan fingerprint density at radius 3 is 2.05 bits per heavy atom. The number of hydrogen-bond acceptors (Lipinski definition) is 5. The van der Waals surface area contributed by atoms with Crippen molar-refractivity contribution >= 4 is 23.4 Å². The number of carboxylic acids is 1. The molecule has 1 aliphatic heterocycles. The van der Waals surface area contributed by atoms with Crippen molar-refractivity contribution in [1.82, 2.24) is 4.90 Å². The van der Waals surface area contributed by atoms with E-state index in [0.717, 1.165) is 11.1 Å². The number of ketones is 1. The molecule has 0 spiro atoms. The fourth-order valence-corrected chi connectivity index (χ4v) is 4.84. The fourth-order valence-electron chi connectivity index (χ4n) is 4.84. The molecule has 0 bridgehead atoms. The molecule has 208 valence electrons. The second-order valence-electron chi connectivity index (χ2n) is 11.4. The minimum Gasteiger partial charge on any atom is -0.507 e. The van der Waals surface area contributed by atoms with E-state index in [2.05, 4.69) is 20.8 Å². The summed E-state index contributed by atoms with van der Waals surface area (Å²) < 4.78 is 5.82. The topological polar surface area (TPSA) is 104 Å². The summed E-state index contributed by atoms with van der Waals surface area (Å²) in [5.74, 6) is -2.14. The third kappa shape index (κ3) is 5.78. The molecule has 7 heteroatoms. The number of amides is 1. The van der Waals surface area contributed by atoms with Gasteiger partial charge in [-0.05, 0) is 78.8 Å². The van der Waals surface area contributed by atoms with Crippen LogP contribution in [0.4, 0.5) is 0 Å². The van der Waals surface area contributed by atoms with Crippen molar-refractivity contribution in [3.8, 4) is 5.75 Å². The molecule has 0 radical (unpaired) electrons. The van der Waals surface area contributed by atoms with Crippen molar-refractivity contribution in [2.75, 3.05) is 0 Å². The van der Waals surface area contributed by atoms with Crippen LogP contribution in [0.3, 0.4) is 0 Å². The standard InChI is InChI=1S/C33H35NO6/c1-19(2)40-26-16-13-24(17-20(26)3)29(35)27-28(22-11-14-25(15-12-22)33(4,5)6)34(31(37)30(27)36)18-21-7-9-23(10-8-21)32(38)39/h7-17,19,28,35H,18H2,1-6H3,(H,38,39)/b29-27-. The van der Waals surface area contributed by atoms with Crippen LogP contribution in [0.2, 0.25) is 0 Å². The number of carboxylic acid groups (broad SMARTS) is 1. The summed E-state index contributed by atoms with van der Waals surface area (Å²) in [5.41, 5.74) is 3.68. The summed E-state index contributed by atoms with van der Waals surface area (Å²) in [4.78, 5) is 39.6. The number of aryl methyl sites for hydroxylation is 1. The van der Waals surface area contributed by atoms with Crippen molar-refractivity contribution < 1.29 is 29.3 Å². The van der Waals surface area contributed by atoms with E-state index in [1.54, 1.807) is 30.3 Å². The summed E-state index contributed by atoms with van der Waals surface area (Å²) in [6.07, 6.45) is -0.0240. The van der Waals surface area contributed by atoms with Gasteiger partial charge in [0.1, 0.15) is 11.5 Å². The third-order valence-electron chi connectivity index (χ3n) is 7.00. The monoisotopic (exact) mass is 541 g/mol. The predicted octanol–water partition coefficient (Wildman–Crippen LogP) is 6.40. The number of nitrogens with zero attached hydrogens (tertiary/aromatic N) is 1. The van der Waals surface area contributed by atoms with Gasteiger partial charge < -0.3 is 19.8 Å². The Hall–Kier alpha value is -4.39. The maximum absolute atomic E-state index is 13.5. The Bertz CT molecular complexity index is 1480. The Balaban J connectivity index is 1.82. The van der Waals surface area contributed by atoms with Gasteiger partial charge in [-0.3, -0.25) is 9.59 Å². The van der Waals surface area contributed by atoms with Crippen molar-refractivity contribution in [3.05, 3.63) is 106 Å². The van der Waals surface area contributed by atoms with Gasteiger partial charge in [-0.15, -0.1) is 0 Å². The zero-order chi connectivity index (χ0) is 29.4. The molecular formula is C33H35NO6. The summed E-state index contributed by atoms with van der Waals surface area (Å²) in [5, 5.41) is 20.7. The first-order valence-electron chi connectivity index (χ1n) is 13.3. The van der Waals surface area contributed by atoms with Crippen LogP contribution >= 0.6 is 0 Å². The highest BCUT2D eigenvalue weighted by molar-refractivity contribution is 6.46. The Morgan fingerprint density at radius 2 is 1.52 bits per heavy atom. The highest BCUT2D eigenvalue weighted by Crippen LogP contribution is 2.41. The molecule has 1 unspecified atom stereocenters. The molecule has 0 saturated carbocycles. The van der Waals surface area contributed by atoms with Crippen LogP contribution in [-0.2, 0) is 21.5 Å². The predicted molar refractivity (Wildman–Crippen MR) is 153 cm³/mol. The molecule has 0 aliphatic carbocycles. The van der Waals surface area contributed by atoms with Crippen molar-refractivity contribution in [1.29, 1.82) is 0 Å². The first-order valence-corrected chi connectivity index (χ1v) is 13.3. The molecule has 7 nitrogen and oxygen atoms in total. The van der Waals surface area contributed by atoms with Gasteiger partial charge in [0, 0.05) is 12.1 Å². The average Bonchev–Trinajstić information content (AvgIpc) is 3.14. The lowest BCUT2D eigenvalue weighted by Gasteiger charge is -2.27. The van der Waals surface area contributed by atoms with Crippen LogP contribution in [0.5, 0.6) is 5.75 Å². The molecule has 2 N–H and O–H groups in total. The minimum atomic E-state index is -1.05. The summed E-state index contributed by atoms with van der Waals surface area (Å²) in [7, 11) is 0. The van der Waals surface area contributed by atoms with Gasteiger partial charge in [0.05, 0.1) is 23.3 Å². The number of aliphatic hydroxyl groups excluding tert-OH is 1. The van der Waals surface area contributed by atoms with Gasteiger partial charge in [-0.1, -0.05) is 57.2 Å². The number of carbonyl (C=O) groups excluding carboxylic acids is 2. The van der Waals surface area contributed by atoms with Crippen LogP contribution in [0, 0.1) is 6.92 Å². The Morgan fingerprint density at radius 1 is 0.925 bits per heavy atom. The van der Waals surface area contributed by atoms with Crippen LogP contribution < -0.4 is 4.74 Å². The van der Waals surface area contributed by atoms with E-state index >= 15 is 0 Å². The van der Waals surface area contributed by atoms with E-state index < -0.39 is 23.7 Å². The van der Waals surface area contributed by atoms with Gasteiger partial charge in [0.15, 0.2) is 0 Å². The van der Waals surface area contributed by atoms with Crippen LogP contribution in [0.15, 0.2) is 72.3 Å². The highest BCUT2D eigenvalue weighted by atomic mass is 16.5. The van der Waals surface area contributed by atoms with Crippen molar-refractivity contribution in [2.24, 2.45) is 0 Å². The van der Waals surface area contributed by atoms with E-state index in [0.29, 0.717) is 22.4 Å². The number of likely N-dealkylation sites (tertiary alicyclic amines) is 1. The number of benzene rings is 3.